The number of halogens is 2. The fourth-order valence-electron chi connectivity index (χ4n) is 4.21. The zero-order valence-corrected chi connectivity index (χ0v) is 19.6. The minimum Gasteiger partial charge on any atom is -0.361 e. The Morgan fingerprint density at radius 1 is 0.879 bits per heavy atom. The number of nitrogens with zero attached hydrogens (tertiary/aromatic N) is 4. The molecule has 3 aromatic heterocycles. The maximum absolute atomic E-state index is 6.23. The number of rotatable bonds is 9. The summed E-state index contributed by atoms with van der Waals surface area (Å²) < 4.78 is 2.25. The van der Waals surface area contributed by atoms with E-state index in [1.165, 1.54) is 10.9 Å². The fraction of sp³-hybridized carbons (Fsp3) is 0.240. The molecule has 0 aliphatic carbocycles. The number of benzene rings is 2. The molecule has 0 saturated carbocycles. The van der Waals surface area contributed by atoms with Gasteiger partial charge in [-0.05, 0) is 48.6 Å². The molecule has 2 aromatic carbocycles. The van der Waals surface area contributed by atoms with E-state index in [4.69, 9.17) is 23.2 Å². The molecule has 33 heavy (non-hydrogen) atoms. The Kier molecular flexibility index (Phi) is 6.46. The number of aromatic amines is 2. The van der Waals surface area contributed by atoms with Crippen LogP contribution in [0.1, 0.15) is 34.9 Å². The highest BCUT2D eigenvalue weighted by Gasteiger charge is 2.14. The van der Waals surface area contributed by atoms with Crippen LogP contribution in [0.2, 0.25) is 10.0 Å². The molecule has 0 atom stereocenters. The van der Waals surface area contributed by atoms with Gasteiger partial charge in [0.05, 0.1) is 22.1 Å². The van der Waals surface area contributed by atoms with E-state index in [1.807, 2.05) is 30.5 Å². The summed E-state index contributed by atoms with van der Waals surface area (Å²) in [4.78, 5) is 10.7. The smallest absolute Gasteiger partial charge is 0.137 e. The molecular formula is C25H24Cl2N6. The van der Waals surface area contributed by atoms with E-state index in [9.17, 15) is 0 Å². The van der Waals surface area contributed by atoms with Gasteiger partial charge >= 0.3 is 0 Å². The summed E-state index contributed by atoms with van der Waals surface area (Å²) in [6.07, 6.45) is 9.98. The minimum atomic E-state index is 0.554. The third kappa shape index (κ3) is 4.97. The molecule has 0 bridgehead atoms. The maximum Gasteiger partial charge on any atom is 0.137 e. The van der Waals surface area contributed by atoms with E-state index in [-0.39, 0.29) is 0 Å². The van der Waals surface area contributed by atoms with Crippen molar-refractivity contribution in [1.82, 2.24) is 29.7 Å². The van der Waals surface area contributed by atoms with Gasteiger partial charge in [-0.2, -0.15) is 0 Å². The maximum atomic E-state index is 6.23. The van der Waals surface area contributed by atoms with Crippen molar-refractivity contribution in [2.24, 2.45) is 0 Å². The number of H-pyrrole nitrogens is 2. The molecule has 3 heterocycles. The topological polar surface area (TPSA) is 75.2 Å². The second-order valence-electron chi connectivity index (χ2n) is 8.13. The molecule has 0 aliphatic rings. The van der Waals surface area contributed by atoms with Crippen molar-refractivity contribution in [1.29, 1.82) is 0 Å². The van der Waals surface area contributed by atoms with Gasteiger partial charge in [0.2, 0.25) is 0 Å². The molecule has 0 unspecified atom stereocenters. The highest BCUT2D eigenvalue weighted by molar-refractivity contribution is 6.42. The van der Waals surface area contributed by atoms with Crippen molar-refractivity contribution in [3.63, 3.8) is 0 Å². The van der Waals surface area contributed by atoms with Crippen molar-refractivity contribution < 1.29 is 0 Å². The summed E-state index contributed by atoms with van der Waals surface area (Å²) in [5.41, 5.74) is 4.58. The monoisotopic (exact) mass is 478 g/mol. The average Bonchev–Trinajstić information content (AvgIpc) is 3.56. The normalized spacial score (nSPS) is 11.5. The number of aromatic nitrogens is 6. The van der Waals surface area contributed by atoms with Gasteiger partial charge in [-0.15, -0.1) is 10.2 Å². The number of fused-ring (bicyclic) bond motifs is 1. The second kappa shape index (κ2) is 9.81. The molecule has 2 N–H and O–H groups in total. The Bertz CT molecular complexity index is 1350. The largest absolute Gasteiger partial charge is 0.361 e. The molecule has 5 rings (SSSR count). The molecule has 0 spiro atoms. The minimum absolute atomic E-state index is 0.554. The van der Waals surface area contributed by atoms with Crippen LogP contribution in [0.4, 0.5) is 0 Å². The molecule has 0 amide bonds. The summed E-state index contributed by atoms with van der Waals surface area (Å²) in [5.74, 6) is 1.93. The van der Waals surface area contributed by atoms with E-state index < -0.39 is 0 Å². The van der Waals surface area contributed by atoms with Crippen LogP contribution in [0.3, 0.4) is 0 Å². The van der Waals surface area contributed by atoms with Crippen molar-refractivity contribution >= 4 is 34.1 Å². The molecule has 6 nitrogen and oxygen atoms in total. The lowest BCUT2D eigenvalue weighted by Crippen LogP contribution is -2.10. The van der Waals surface area contributed by atoms with Gasteiger partial charge in [0.1, 0.15) is 11.6 Å². The highest BCUT2D eigenvalue weighted by Crippen LogP contribution is 2.24. The summed E-state index contributed by atoms with van der Waals surface area (Å²) in [7, 11) is 0. The molecule has 8 heteroatoms. The predicted molar refractivity (Wildman–Crippen MR) is 132 cm³/mol. The SMILES string of the molecule is Clc1ccc(Cc2nnc(CCc3c[nH]c4ccccc34)n2CCCc2c[nH]cn2)cc1Cl. The van der Waals surface area contributed by atoms with Crippen LogP contribution in [0, 0.1) is 0 Å². The van der Waals surface area contributed by atoms with E-state index >= 15 is 0 Å². The molecule has 5 aromatic rings. The Morgan fingerprint density at radius 2 is 1.76 bits per heavy atom. The van der Waals surface area contributed by atoms with E-state index in [0.717, 1.165) is 60.7 Å². The van der Waals surface area contributed by atoms with Crippen LogP contribution in [0.25, 0.3) is 10.9 Å². The Hall–Kier alpha value is -3.09. The number of nitrogens with one attached hydrogen (secondary N) is 2. The lowest BCUT2D eigenvalue weighted by Gasteiger charge is -2.11. The van der Waals surface area contributed by atoms with Crippen LogP contribution in [-0.2, 0) is 32.2 Å². The second-order valence-corrected chi connectivity index (χ2v) is 8.95. The number of hydrogen-bond acceptors (Lipinski definition) is 3. The van der Waals surface area contributed by atoms with Gasteiger partial charge in [-0.1, -0.05) is 47.5 Å². The van der Waals surface area contributed by atoms with Crippen LogP contribution in [0.15, 0.2) is 61.2 Å². The van der Waals surface area contributed by atoms with Crippen LogP contribution in [-0.4, -0.2) is 29.7 Å². The van der Waals surface area contributed by atoms with E-state index in [2.05, 4.69) is 54.1 Å². The van der Waals surface area contributed by atoms with Crippen molar-refractivity contribution in [3.8, 4) is 0 Å². The third-order valence-corrected chi connectivity index (χ3v) is 6.65. The summed E-state index contributed by atoms with van der Waals surface area (Å²) >= 11 is 12.3. The number of para-hydroxylation sites is 1. The summed E-state index contributed by atoms with van der Waals surface area (Å²) in [6.45, 7) is 0.833. The van der Waals surface area contributed by atoms with Crippen molar-refractivity contribution in [2.75, 3.05) is 0 Å². The highest BCUT2D eigenvalue weighted by atomic mass is 35.5. The first-order chi connectivity index (χ1) is 16.2. The standard InChI is InChI=1S/C25H24Cl2N6/c26-21-9-7-17(12-22(21)27)13-25-32-31-24(33(25)11-3-4-19-15-28-16-30-19)10-8-18-14-29-23-6-2-1-5-20(18)23/h1-2,5-7,9,12,14-16,29H,3-4,8,10-11,13H2,(H,28,30). The van der Waals surface area contributed by atoms with Crippen molar-refractivity contribution in [2.45, 2.75) is 38.6 Å². The third-order valence-electron chi connectivity index (χ3n) is 5.91. The summed E-state index contributed by atoms with van der Waals surface area (Å²) in [5, 5.41) is 11.5. The van der Waals surface area contributed by atoms with Crippen LogP contribution in [0.5, 0.6) is 0 Å². The molecule has 0 radical (unpaired) electrons. The van der Waals surface area contributed by atoms with Gasteiger partial charge in [-0.3, -0.25) is 0 Å². The molecular weight excluding hydrogens is 455 g/mol. The van der Waals surface area contributed by atoms with E-state index in [1.54, 1.807) is 6.33 Å². The van der Waals surface area contributed by atoms with Gasteiger partial charge in [-0.25, -0.2) is 4.98 Å². The number of hydrogen-bond donors (Lipinski definition) is 2. The first-order valence-electron chi connectivity index (χ1n) is 11.0. The van der Waals surface area contributed by atoms with E-state index in [0.29, 0.717) is 16.5 Å². The van der Waals surface area contributed by atoms with Gasteiger partial charge in [0.15, 0.2) is 0 Å². The van der Waals surface area contributed by atoms with Gasteiger partial charge in [0, 0.05) is 42.7 Å². The molecule has 0 saturated heterocycles. The predicted octanol–water partition coefficient (Wildman–Crippen LogP) is 5.80. The van der Waals surface area contributed by atoms with Crippen LogP contribution < -0.4 is 0 Å². The lowest BCUT2D eigenvalue weighted by molar-refractivity contribution is 0.585. The Morgan fingerprint density at radius 3 is 2.61 bits per heavy atom. The number of imidazole rings is 1. The van der Waals surface area contributed by atoms with Crippen LogP contribution >= 0.6 is 23.2 Å². The first-order valence-corrected chi connectivity index (χ1v) is 11.8. The molecule has 168 valence electrons. The Balaban J connectivity index is 1.36. The average molecular weight is 479 g/mol. The zero-order valence-electron chi connectivity index (χ0n) is 18.1. The summed E-state index contributed by atoms with van der Waals surface area (Å²) in [6, 6.07) is 14.1. The quantitative estimate of drug-likeness (QED) is 0.281. The fourth-order valence-corrected chi connectivity index (χ4v) is 4.53. The first kappa shape index (κ1) is 21.7. The number of aryl methyl sites for hydroxylation is 3. The lowest BCUT2D eigenvalue weighted by atomic mass is 10.1. The molecule has 0 fully saturated rings. The van der Waals surface area contributed by atoms with Gasteiger partial charge < -0.3 is 14.5 Å². The van der Waals surface area contributed by atoms with Crippen molar-refractivity contribution in [3.05, 3.63) is 99.7 Å². The Labute approximate surface area is 202 Å². The molecule has 0 aliphatic heterocycles. The zero-order chi connectivity index (χ0) is 22.6. The van der Waals surface area contributed by atoms with Gasteiger partial charge in [0.25, 0.3) is 0 Å².